The van der Waals surface area contributed by atoms with Crippen LogP contribution in [0.1, 0.15) is 78.2 Å². The molecule has 0 spiro atoms. The first-order chi connectivity index (χ1) is 13.8. The molecule has 0 saturated heterocycles. The minimum Gasteiger partial charge on any atom is -0.444 e. The number of benzene rings is 1. The second-order valence-electron chi connectivity index (χ2n) is 9.03. The number of carbonyl (C=O) groups is 2. The molecule has 0 aliphatic heterocycles. The van der Waals surface area contributed by atoms with Crippen LogP contribution in [0.25, 0.3) is 0 Å². The van der Waals surface area contributed by atoms with E-state index >= 15 is 0 Å². The van der Waals surface area contributed by atoms with Crippen molar-refractivity contribution in [3.05, 3.63) is 35.9 Å². The van der Waals surface area contributed by atoms with E-state index in [0.29, 0.717) is 18.9 Å². The molecule has 162 valence electrons. The highest BCUT2D eigenvalue weighted by atomic mass is 16.6. The number of amides is 1. The van der Waals surface area contributed by atoms with Crippen molar-refractivity contribution in [1.29, 1.82) is 0 Å². The van der Waals surface area contributed by atoms with Crippen molar-refractivity contribution in [2.45, 2.75) is 97.0 Å². The van der Waals surface area contributed by atoms with Gasteiger partial charge in [0.25, 0.3) is 0 Å². The maximum absolute atomic E-state index is 12.8. The summed E-state index contributed by atoms with van der Waals surface area (Å²) in [6.45, 7) is 7.69. The molecule has 0 bridgehead atoms. The third kappa shape index (κ3) is 8.57. The number of hydrogen-bond donors (Lipinski definition) is 1. The predicted molar refractivity (Wildman–Crippen MR) is 115 cm³/mol. The quantitative estimate of drug-likeness (QED) is 0.598. The SMILES string of the molecule is CCC(=O)C(OCc1ccccc1)C(CC1CCCCC1)NC(=O)OC(C)(C)C. The van der Waals surface area contributed by atoms with Crippen molar-refractivity contribution in [3.63, 3.8) is 0 Å². The first-order valence-electron chi connectivity index (χ1n) is 11.0. The Labute approximate surface area is 175 Å². The number of ketones is 1. The summed E-state index contributed by atoms with van der Waals surface area (Å²) >= 11 is 0. The fourth-order valence-corrected chi connectivity index (χ4v) is 3.89. The molecule has 5 heteroatoms. The number of rotatable bonds is 9. The van der Waals surface area contributed by atoms with Gasteiger partial charge >= 0.3 is 6.09 Å². The molecule has 0 radical (unpaired) electrons. The summed E-state index contributed by atoms with van der Waals surface area (Å²) in [5, 5.41) is 2.97. The molecule has 2 rings (SSSR count). The lowest BCUT2D eigenvalue weighted by Gasteiger charge is -2.32. The Morgan fingerprint density at radius 2 is 1.76 bits per heavy atom. The third-order valence-electron chi connectivity index (χ3n) is 5.32. The standard InChI is InChI=1S/C24H37NO4/c1-5-21(26)22(28-17-19-14-10-7-11-15-19)20(16-18-12-8-6-9-13-18)25-23(27)29-24(2,3)4/h7,10-11,14-15,18,20,22H,5-6,8-9,12-13,16-17H2,1-4H3,(H,25,27). The molecule has 1 aliphatic rings. The smallest absolute Gasteiger partial charge is 0.407 e. The highest BCUT2D eigenvalue weighted by Gasteiger charge is 2.33. The molecule has 1 aromatic rings. The molecule has 0 aromatic heterocycles. The molecule has 5 nitrogen and oxygen atoms in total. The van der Waals surface area contributed by atoms with E-state index in [2.05, 4.69) is 5.32 Å². The molecular formula is C24H37NO4. The lowest BCUT2D eigenvalue weighted by molar-refractivity contribution is -0.133. The highest BCUT2D eigenvalue weighted by Crippen LogP contribution is 2.29. The van der Waals surface area contributed by atoms with Crippen LogP contribution in [0.15, 0.2) is 30.3 Å². The van der Waals surface area contributed by atoms with Crippen LogP contribution in [0, 0.1) is 5.92 Å². The fraction of sp³-hybridized carbons (Fsp3) is 0.667. The average molecular weight is 404 g/mol. The summed E-state index contributed by atoms with van der Waals surface area (Å²) in [6.07, 6.45) is 5.91. The van der Waals surface area contributed by atoms with E-state index in [0.717, 1.165) is 24.8 Å². The predicted octanol–water partition coefficient (Wildman–Crippen LogP) is 5.41. The number of nitrogens with one attached hydrogen (secondary N) is 1. The van der Waals surface area contributed by atoms with Crippen molar-refractivity contribution in [2.75, 3.05) is 0 Å². The van der Waals surface area contributed by atoms with E-state index in [4.69, 9.17) is 9.47 Å². The van der Waals surface area contributed by atoms with Crippen molar-refractivity contribution < 1.29 is 19.1 Å². The zero-order valence-electron chi connectivity index (χ0n) is 18.4. The van der Waals surface area contributed by atoms with Crippen LogP contribution in [0.4, 0.5) is 4.79 Å². The van der Waals surface area contributed by atoms with Gasteiger partial charge in [-0.05, 0) is 38.7 Å². The minimum atomic E-state index is -0.672. The maximum Gasteiger partial charge on any atom is 0.407 e. The Morgan fingerprint density at radius 3 is 2.34 bits per heavy atom. The number of carbonyl (C=O) groups excluding carboxylic acids is 2. The zero-order valence-corrected chi connectivity index (χ0v) is 18.4. The summed E-state index contributed by atoms with van der Waals surface area (Å²) in [7, 11) is 0. The summed E-state index contributed by atoms with van der Waals surface area (Å²) in [5.74, 6) is 0.508. The lowest BCUT2D eigenvalue weighted by Crippen LogP contribution is -2.50. The maximum atomic E-state index is 12.8. The molecular weight excluding hydrogens is 366 g/mol. The summed E-state index contributed by atoms with van der Waals surface area (Å²) in [4.78, 5) is 25.3. The van der Waals surface area contributed by atoms with E-state index < -0.39 is 17.8 Å². The Hall–Kier alpha value is -1.88. The third-order valence-corrected chi connectivity index (χ3v) is 5.32. The number of ether oxygens (including phenoxy) is 2. The first kappa shape index (κ1) is 23.4. The van der Waals surface area contributed by atoms with E-state index in [1.165, 1.54) is 19.3 Å². The molecule has 1 aliphatic carbocycles. The van der Waals surface area contributed by atoms with Gasteiger partial charge in [-0.3, -0.25) is 4.79 Å². The Kier molecular flexibility index (Phi) is 9.15. The second-order valence-corrected chi connectivity index (χ2v) is 9.03. The largest absolute Gasteiger partial charge is 0.444 e. The molecule has 1 fully saturated rings. The topological polar surface area (TPSA) is 64.6 Å². The Balaban J connectivity index is 2.14. The van der Waals surface area contributed by atoms with Gasteiger partial charge in [-0.2, -0.15) is 0 Å². The first-order valence-corrected chi connectivity index (χ1v) is 11.0. The molecule has 1 amide bonds. The van der Waals surface area contributed by atoms with Crippen molar-refractivity contribution in [3.8, 4) is 0 Å². The van der Waals surface area contributed by atoms with Gasteiger partial charge in [0.15, 0.2) is 5.78 Å². The van der Waals surface area contributed by atoms with Crippen LogP contribution in [0.5, 0.6) is 0 Å². The van der Waals surface area contributed by atoms with Gasteiger partial charge in [0.1, 0.15) is 11.7 Å². The van der Waals surface area contributed by atoms with Gasteiger partial charge in [0.05, 0.1) is 12.6 Å². The lowest BCUT2D eigenvalue weighted by atomic mass is 9.83. The molecule has 0 heterocycles. The Morgan fingerprint density at radius 1 is 1.10 bits per heavy atom. The number of hydrogen-bond acceptors (Lipinski definition) is 4. The van der Waals surface area contributed by atoms with Gasteiger partial charge < -0.3 is 14.8 Å². The van der Waals surface area contributed by atoms with Gasteiger partial charge in [-0.15, -0.1) is 0 Å². The molecule has 1 saturated carbocycles. The normalized spacial score (nSPS) is 17.4. The summed E-state index contributed by atoms with van der Waals surface area (Å²) in [5.41, 5.74) is 0.421. The van der Waals surface area contributed by atoms with Gasteiger partial charge in [-0.1, -0.05) is 69.4 Å². The molecule has 1 N–H and O–H groups in total. The Bertz CT molecular complexity index is 632. The van der Waals surface area contributed by atoms with E-state index in [9.17, 15) is 9.59 Å². The highest BCUT2D eigenvalue weighted by molar-refractivity contribution is 5.84. The van der Waals surface area contributed by atoms with Gasteiger partial charge in [0.2, 0.25) is 0 Å². The van der Waals surface area contributed by atoms with Crippen LogP contribution in [0.3, 0.4) is 0 Å². The van der Waals surface area contributed by atoms with Crippen molar-refractivity contribution in [2.24, 2.45) is 5.92 Å². The summed E-state index contributed by atoms with van der Waals surface area (Å²) in [6, 6.07) is 9.43. The van der Waals surface area contributed by atoms with Crippen LogP contribution in [-0.4, -0.2) is 29.6 Å². The van der Waals surface area contributed by atoms with Crippen LogP contribution in [-0.2, 0) is 20.9 Å². The molecule has 29 heavy (non-hydrogen) atoms. The minimum absolute atomic E-state index is 0.0119. The molecule has 2 unspecified atom stereocenters. The molecule has 1 aromatic carbocycles. The average Bonchev–Trinajstić information content (AvgIpc) is 2.68. The van der Waals surface area contributed by atoms with E-state index in [1.54, 1.807) is 0 Å². The van der Waals surface area contributed by atoms with Crippen LogP contribution in [0.2, 0.25) is 0 Å². The summed E-state index contributed by atoms with van der Waals surface area (Å²) < 4.78 is 11.6. The zero-order chi connectivity index (χ0) is 21.3. The van der Waals surface area contributed by atoms with E-state index in [-0.39, 0.29) is 11.8 Å². The van der Waals surface area contributed by atoms with Gasteiger partial charge in [0, 0.05) is 6.42 Å². The second kappa shape index (κ2) is 11.3. The number of Topliss-reactive ketones (excluding diaryl/α,β-unsaturated/α-hetero) is 1. The molecule has 2 atom stereocenters. The number of alkyl carbamates (subject to hydrolysis) is 1. The van der Waals surface area contributed by atoms with E-state index in [1.807, 2.05) is 58.0 Å². The van der Waals surface area contributed by atoms with Crippen molar-refractivity contribution >= 4 is 11.9 Å². The van der Waals surface area contributed by atoms with Crippen molar-refractivity contribution in [1.82, 2.24) is 5.32 Å². The monoisotopic (exact) mass is 403 g/mol. The fourth-order valence-electron chi connectivity index (χ4n) is 3.89. The van der Waals surface area contributed by atoms with Crippen LogP contribution < -0.4 is 5.32 Å². The van der Waals surface area contributed by atoms with Crippen LogP contribution >= 0.6 is 0 Å². The van der Waals surface area contributed by atoms with Gasteiger partial charge in [-0.25, -0.2) is 4.79 Å².